The van der Waals surface area contributed by atoms with Gasteiger partial charge >= 0.3 is 11.8 Å². The second-order valence-corrected chi connectivity index (χ2v) is 5.48. The van der Waals surface area contributed by atoms with Gasteiger partial charge in [0.15, 0.2) is 0 Å². The predicted octanol–water partition coefficient (Wildman–Crippen LogP) is 3.38. The van der Waals surface area contributed by atoms with Gasteiger partial charge in [0.25, 0.3) is 0 Å². The lowest BCUT2D eigenvalue weighted by Crippen LogP contribution is -2.29. The first kappa shape index (κ1) is 16.9. The summed E-state index contributed by atoms with van der Waals surface area (Å²) in [5, 5.41) is 5.13. The zero-order chi connectivity index (χ0) is 16.7. The molecule has 2 aromatic rings. The van der Waals surface area contributed by atoms with Crippen molar-refractivity contribution in [2.24, 2.45) is 0 Å². The first-order chi connectivity index (χ1) is 11.1. The van der Waals surface area contributed by atoms with E-state index >= 15 is 0 Å². The Hall–Kier alpha value is -2.47. The Balaban J connectivity index is 1.95. The maximum atomic E-state index is 11.9. The minimum absolute atomic E-state index is 0.534. The van der Waals surface area contributed by atoms with E-state index in [1.54, 1.807) is 42.1 Å². The summed E-state index contributed by atoms with van der Waals surface area (Å²) in [6.45, 7) is 2.47. The molecular formula is C17H18N2O3S. The van der Waals surface area contributed by atoms with Gasteiger partial charge in [-0.05, 0) is 55.6 Å². The number of nitrogens with one attached hydrogen (secondary N) is 2. The number of anilines is 2. The highest BCUT2D eigenvalue weighted by Crippen LogP contribution is 2.19. The second kappa shape index (κ2) is 8.24. The molecule has 2 amide bonds. The fourth-order valence-corrected chi connectivity index (χ4v) is 2.34. The summed E-state index contributed by atoms with van der Waals surface area (Å²) in [7, 11) is 0. The maximum absolute atomic E-state index is 11.9. The lowest BCUT2D eigenvalue weighted by molar-refractivity contribution is -0.133. The van der Waals surface area contributed by atoms with Crippen LogP contribution in [0.3, 0.4) is 0 Å². The van der Waals surface area contributed by atoms with Gasteiger partial charge in [-0.1, -0.05) is 6.07 Å². The minimum Gasteiger partial charge on any atom is -0.494 e. The quantitative estimate of drug-likeness (QED) is 0.651. The summed E-state index contributed by atoms with van der Waals surface area (Å²) >= 11 is 1.56. The zero-order valence-corrected chi connectivity index (χ0v) is 13.8. The molecular weight excluding hydrogens is 312 g/mol. The molecule has 0 radical (unpaired) electrons. The molecule has 0 spiro atoms. The molecule has 0 atom stereocenters. The molecule has 2 N–H and O–H groups in total. The fourth-order valence-electron chi connectivity index (χ4n) is 1.88. The average Bonchev–Trinajstić information content (AvgIpc) is 2.57. The van der Waals surface area contributed by atoms with Crippen LogP contribution in [0, 0.1) is 0 Å². The number of hydrogen-bond acceptors (Lipinski definition) is 4. The van der Waals surface area contributed by atoms with Gasteiger partial charge in [0.2, 0.25) is 0 Å². The molecule has 2 rings (SSSR count). The van der Waals surface area contributed by atoms with E-state index in [-0.39, 0.29) is 0 Å². The van der Waals surface area contributed by atoms with Crippen LogP contribution in [0.4, 0.5) is 11.4 Å². The van der Waals surface area contributed by atoms with E-state index < -0.39 is 11.8 Å². The number of carbonyl (C=O) groups is 2. The molecule has 0 saturated heterocycles. The molecule has 0 heterocycles. The Bertz CT molecular complexity index is 686. The van der Waals surface area contributed by atoms with E-state index in [1.807, 2.05) is 31.4 Å². The molecule has 0 bridgehead atoms. The normalized spacial score (nSPS) is 10.0. The van der Waals surface area contributed by atoms with Crippen molar-refractivity contribution >= 4 is 35.0 Å². The van der Waals surface area contributed by atoms with E-state index in [9.17, 15) is 9.59 Å². The molecule has 0 aromatic heterocycles. The number of ether oxygens (including phenoxy) is 1. The standard InChI is InChI=1S/C17H18N2O3S/c1-3-22-14-9-7-12(8-10-14)18-16(20)17(21)19-13-5-4-6-15(11-13)23-2/h4-11H,3H2,1-2H3,(H,18,20)(H,19,21). The van der Waals surface area contributed by atoms with Gasteiger partial charge in [-0.15, -0.1) is 11.8 Å². The summed E-state index contributed by atoms with van der Waals surface area (Å²) in [5.41, 5.74) is 1.12. The van der Waals surface area contributed by atoms with Crippen molar-refractivity contribution in [3.8, 4) is 5.75 Å². The van der Waals surface area contributed by atoms with Crippen LogP contribution in [0.1, 0.15) is 6.92 Å². The number of rotatable bonds is 5. The van der Waals surface area contributed by atoms with Crippen LogP contribution in [-0.2, 0) is 9.59 Å². The van der Waals surface area contributed by atoms with Crippen LogP contribution >= 0.6 is 11.8 Å². The van der Waals surface area contributed by atoms with Gasteiger partial charge in [0.05, 0.1) is 6.61 Å². The van der Waals surface area contributed by atoms with E-state index in [4.69, 9.17) is 4.74 Å². The van der Waals surface area contributed by atoms with Crippen LogP contribution in [-0.4, -0.2) is 24.7 Å². The van der Waals surface area contributed by atoms with Gasteiger partial charge in [-0.2, -0.15) is 0 Å². The molecule has 0 saturated carbocycles. The number of thioether (sulfide) groups is 1. The SMILES string of the molecule is CCOc1ccc(NC(=O)C(=O)Nc2cccc(SC)c2)cc1. The van der Waals surface area contributed by atoms with Gasteiger partial charge in [-0.25, -0.2) is 0 Å². The van der Waals surface area contributed by atoms with Gasteiger partial charge in [0, 0.05) is 16.3 Å². The van der Waals surface area contributed by atoms with E-state index in [1.165, 1.54) is 0 Å². The van der Waals surface area contributed by atoms with Crippen molar-refractivity contribution in [3.63, 3.8) is 0 Å². The Morgan fingerprint density at radius 3 is 2.26 bits per heavy atom. The van der Waals surface area contributed by atoms with E-state index in [2.05, 4.69) is 10.6 Å². The van der Waals surface area contributed by atoms with Crippen molar-refractivity contribution in [1.29, 1.82) is 0 Å². The largest absolute Gasteiger partial charge is 0.494 e. The summed E-state index contributed by atoms with van der Waals surface area (Å²) in [5.74, 6) is -0.718. The summed E-state index contributed by atoms with van der Waals surface area (Å²) in [6, 6.07) is 14.1. The number of benzene rings is 2. The van der Waals surface area contributed by atoms with Crippen molar-refractivity contribution in [3.05, 3.63) is 48.5 Å². The summed E-state index contributed by atoms with van der Waals surface area (Å²) < 4.78 is 5.32. The summed E-state index contributed by atoms with van der Waals surface area (Å²) in [4.78, 5) is 24.9. The second-order valence-electron chi connectivity index (χ2n) is 4.60. The number of carbonyl (C=O) groups excluding carboxylic acids is 2. The van der Waals surface area contributed by atoms with Crippen LogP contribution in [0.2, 0.25) is 0 Å². The first-order valence-corrected chi connectivity index (χ1v) is 8.34. The average molecular weight is 330 g/mol. The van der Waals surface area contributed by atoms with E-state index in [0.29, 0.717) is 23.7 Å². The monoisotopic (exact) mass is 330 g/mol. The van der Waals surface area contributed by atoms with Crippen LogP contribution in [0.15, 0.2) is 53.4 Å². The molecule has 23 heavy (non-hydrogen) atoms. The molecule has 6 heteroatoms. The molecule has 0 unspecified atom stereocenters. The highest BCUT2D eigenvalue weighted by atomic mass is 32.2. The molecule has 0 aliphatic rings. The Labute approximate surface area is 139 Å². The first-order valence-electron chi connectivity index (χ1n) is 7.11. The molecule has 5 nitrogen and oxygen atoms in total. The van der Waals surface area contributed by atoms with E-state index in [0.717, 1.165) is 4.90 Å². The van der Waals surface area contributed by atoms with Crippen molar-refractivity contribution < 1.29 is 14.3 Å². The Morgan fingerprint density at radius 2 is 1.65 bits per heavy atom. The molecule has 0 aliphatic heterocycles. The van der Waals surface area contributed by atoms with Crippen molar-refractivity contribution in [1.82, 2.24) is 0 Å². The Morgan fingerprint density at radius 1 is 1.00 bits per heavy atom. The third-order valence-corrected chi connectivity index (χ3v) is 3.68. The third kappa shape index (κ3) is 5.03. The number of amides is 2. The van der Waals surface area contributed by atoms with Gasteiger partial charge in [-0.3, -0.25) is 9.59 Å². The summed E-state index contributed by atoms with van der Waals surface area (Å²) in [6.07, 6.45) is 1.94. The van der Waals surface area contributed by atoms with Gasteiger partial charge < -0.3 is 15.4 Å². The molecule has 0 aliphatic carbocycles. The number of hydrogen-bond donors (Lipinski definition) is 2. The van der Waals surface area contributed by atoms with Crippen LogP contribution in [0.25, 0.3) is 0 Å². The van der Waals surface area contributed by atoms with Crippen LogP contribution < -0.4 is 15.4 Å². The molecule has 2 aromatic carbocycles. The topological polar surface area (TPSA) is 67.4 Å². The van der Waals surface area contributed by atoms with Crippen LogP contribution in [0.5, 0.6) is 5.75 Å². The van der Waals surface area contributed by atoms with Gasteiger partial charge in [0.1, 0.15) is 5.75 Å². The highest BCUT2D eigenvalue weighted by molar-refractivity contribution is 7.98. The van der Waals surface area contributed by atoms with Crippen molar-refractivity contribution in [2.75, 3.05) is 23.5 Å². The highest BCUT2D eigenvalue weighted by Gasteiger charge is 2.14. The maximum Gasteiger partial charge on any atom is 0.314 e. The smallest absolute Gasteiger partial charge is 0.314 e. The fraction of sp³-hybridized carbons (Fsp3) is 0.176. The molecule has 0 fully saturated rings. The minimum atomic E-state index is -0.719. The molecule has 120 valence electrons. The van der Waals surface area contributed by atoms with Crippen molar-refractivity contribution in [2.45, 2.75) is 11.8 Å². The predicted molar refractivity (Wildman–Crippen MR) is 93.1 cm³/mol. The zero-order valence-electron chi connectivity index (χ0n) is 13.0. The lowest BCUT2D eigenvalue weighted by Gasteiger charge is -2.08. The lowest BCUT2D eigenvalue weighted by atomic mass is 10.3. The third-order valence-electron chi connectivity index (χ3n) is 2.96. The Kier molecular flexibility index (Phi) is 6.05.